The van der Waals surface area contributed by atoms with Crippen LogP contribution in [0.3, 0.4) is 0 Å². The molecule has 6 heteroatoms. The fraction of sp³-hybridized carbons (Fsp3) is 0.846. The summed E-state index contributed by atoms with van der Waals surface area (Å²) in [7, 11) is 5.82. The minimum absolute atomic E-state index is 0.0148. The number of oxime groups is 1. The Bertz CT molecular complexity index is 336. The normalized spacial score (nSPS) is 18.8. The van der Waals surface area contributed by atoms with Crippen molar-refractivity contribution in [2.24, 2.45) is 16.3 Å². The summed E-state index contributed by atoms with van der Waals surface area (Å²) in [5.41, 5.74) is 5.00. The zero-order valence-electron chi connectivity index (χ0n) is 12.2. The standard InChI is InChI=1S/C13H26N4O2/c1-16(2)9-6-10-17(3)12(18)13(11(14)15-19)7-4-5-8-13/h19H,4-10H2,1-3H3,(H2,14,15). The zero-order valence-corrected chi connectivity index (χ0v) is 12.2. The van der Waals surface area contributed by atoms with E-state index in [9.17, 15) is 4.79 Å². The van der Waals surface area contributed by atoms with Crippen molar-refractivity contribution in [3.63, 3.8) is 0 Å². The molecule has 1 aliphatic carbocycles. The number of nitrogens with two attached hydrogens (primary N) is 1. The highest BCUT2D eigenvalue weighted by atomic mass is 16.4. The van der Waals surface area contributed by atoms with Crippen molar-refractivity contribution in [2.45, 2.75) is 32.1 Å². The smallest absolute Gasteiger partial charge is 0.236 e. The molecule has 3 N–H and O–H groups in total. The Morgan fingerprint density at radius 1 is 1.26 bits per heavy atom. The van der Waals surface area contributed by atoms with Crippen LogP contribution in [0.4, 0.5) is 0 Å². The van der Waals surface area contributed by atoms with Gasteiger partial charge in [-0.15, -0.1) is 0 Å². The van der Waals surface area contributed by atoms with Crippen molar-refractivity contribution in [3.05, 3.63) is 0 Å². The van der Waals surface area contributed by atoms with Gasteiger partial charge in [0.1, 0.15) is 5.41 Å². The third kappa shape index (κ3) is 3.59. The highest BCUT2D eigenvalue weighted by Gasteiger charge is 2.46. The van der Waals surface area contributed by atoms with Gasteiger partial charge in [0.15, 0.2) is 5.84 Å². The predicted octanol–water partition coefficient (Wildman–Crippen LogP) is 0.703. The van der Waals surface area contributed by atoms with Gasteiger partial charge in [0, 0.05) is 13.6 Å². The van der Waals surface area contributed by atoms with Crippen LogP contribution in [0.1, 0.15) is 32.1 Å². The van der Waals surface area contributed by atoms with E-state index in [4.69, 9.17) is 10.9 Å². The number of amides is 1. The molecule has 0 aromatic carbocycles. The first-order valence-corrected chi connectivity index (χ1v) is 6.82. The number of amidine groups is 1. The topological polar surface area (TPSA) is 82.2 Å². The highest BCUT2D eigenvalue weighted by Crippen LogP contribution is 2.39. The minimum Gasteiger partial charge on any atom is -0.409 e. The molecule has 0 aromatic heterocycles. The largest absolute Gasteiger partial charge is 0.409 e. The Morgan fingerprint density at radius 3 is 2.32 bits per heavy atom. The number of hydrogen-bond donors (Lipinski definition) is 2. The van der Waals surface area contributed by atoms with Crippen LogP contribution in [-0.4, -0.2) is 61.0 Å². The molecule has 0 spiro atoms. The third-order valence-electron chi connectivity index (χ3n) is 3.91. The van der Waals surface area contributed by atoms with Crippen molar-refractivity contribution in [1.82, 2.24) is 9.80 Å². The van der Waals surface area contributed by atoms with Crippen molar-refractivity contribution >= 4 is 11.7 Å². The van der Waals surface area contributed by atoms with Crippen LogP contribution >= 0.6 is 0 Å². The maximum absolute atomic E-state index is 12.6. The molecule has 1 fully saturated rings. The lowest BCUT2D eigenvalue weighted by Gasteiger charge is -2.31. The van der Waals surface area contributed by atoms with E-state index >= 15 is 0 Å². The first-order valence-electron chi connectivity index (χ1n) is 6.82. The summed E-state index contributed by atoms with van der Waals surface area (Å²) in [6.07, 6.45) is 4.18. The fourth-order valence-electron chi connectivity index (χ4n) is 2.74. The lowest BCUT2D eigenvalue weighted by Crippen LogP contribution is -2.49. The molecule has 0 bridgehead atoms. The minimum atomic E-state index is -0.776. The Balaban J connectivity index is 2.67. The van der Waals surface area contributed by atoms with Crippen LogP contribution < -0.4 is 5.73 Å². The van der Waals surface area contributed by atoms with Gasteiger partial charge in [0.25, 0.3) is 0 Å². The van der Waals surface area contributed by atoms with Crippen molar-refractivity contribution in [1.29, 1.82) is 0 Å². The molecule has 0 radical (unpaired) electrons. The van der Waals surface area contributed by atoms with Crippen LogP contribution in [0.2, 0.25) is 0 Å². The first-order chi connectivity index (χ1) is 8.94. The molecule has 0 atom stereocenters. The Labute approximate surface area is 115 Å². The van der Waals surface area contributed by atoms with E-state index in [1.54, 1.807) is 11.9 Å². The van der Waals surface area contributed by atoms with Gasteiger partial charge in [-0.05, 0) is 39.9 Å². The molecule has 1 aliphatic rings. The number of hydrogen-bond acceptors (Lipinski definition) is 4. The average molecular weight is 270 g/mol. The van der Waals surface area contributed by atoms with Crippen molar-refractivity contribution in [3.8, 4) is 0 Å². The molecular weight excluding hydrogens is 244 g/mol. The van der Waals surface area contributed by atoms with Gasteiger partial charge in [-0.3, -0.25) is 4.79 Å². The SMILES string of the molecule is CN(C)CCCN(C)C(=O)C1(C(N)=NO)CCCC1. The molecule has 1 saturated carbocycles. The fourth-order valence-corrected chi connectivity index (χ4v) is 2.74. The van der Waals surface area contributed by atoms with Crippen LogP contribution in [0.25, 0.3) is 0 Å². The summed E-state index contributed by atoms with van der Waals surface area (Å²) in [6, 6.07) is 0. The van der Waals surface area contributed by atoms with Crippen LogP contribution in [0.5, 0.6) is 0 Å². The second kappa shape index (κ2) is 6.75. The summed E-state index contributed by atoms with van der Waals surface area (Å²) in [5, 5.41) is 12.0. The molecule has 1 amide bonds. The predicted molar refractivity (Wildman–Crippen MR) is 75.1 cm³/mol. The monoisotopic (exact) mass is 270 g/mol. The highest BCUT2D eigenvalue weighted by molar-refractivity contribution is 6.06. The maximum Gasteiger partial charge on any atom is 0.236 e. The van der Waals surface area contributed by atoms with Gasteiger partial charge in [-0.1, -0.05) is 18.0 Å². The van der Waals surface area contributed by atoms with E-state index in [1.807, 2.05) is 14.1 Å². The van der Waals surface area contributed by atoms with E-state index in [0.717, 1.165) is 25.8 Å². The second-order valence-corrected chi connectivity index (χ2v) is 5.66. The Kier molecular flexibility index (Phi) is 5.60. The molecule has 0 unspecified atom stereocenters. The maximum atomic E-state index is 12.6. The molecule has 6 nitrogen and oxygen atoms in total. The second-order valence-electron chi connectivity index (χ2n) is 5.66. The van der Waals surface area contributed by atoms with Crippen molar-refractivity contribution in [2.75, 3.05) is 34.2 Å². The summed E-state index contributed by atoms with van der Waals surface area (Å²) in [6.45, 7) is 1.63. The van der Waals surface area contributed by atoms with E-state index in [2.05, 4.69) is 10.1 Å². The lowest BCUT2D eigenvalue weighted by molar-refractivity contribution is -0.137. The van der Waals surface area contributed by atoms with Gasteiger partial charge in [0.05, 0.1) is 0 Å². The summed E-state index contributed by atoms with van der Waals surface area (Å²) >= 11 is 0. The summed E-state index contributed by atoms with van der Waals surface area (Å²) in [4.78, 5) is 16.4. The Morgan fingerprint density at radius 2 is 1.84 bits per heavy atom. The number of rotatable bonds is 6. The molecule has 0 aliphatic heterocycles. The quantitative estimate of drug-likeness (QED) is 0.322. The van der Waals surface area contributed by atoms with Gasteiger partial charge < -0.3 is 20.7 Å². The average Bonchev–Trinajstić information content (AvgIpc) is 2.86. The lowest BCUT2D eigenvalue weighted by atomic mass is 9.83. The molecule has 19 heavy (non-hydrogen) atoms. The zero-order chi connectivity index (χ0) is 14.5. The van der Waals surface area contributed by atoms with Crippen molar-refractivity contribution < 1.29 is 10.0 Å². The van der Waals surface area contributed by atoms with Crippen LogP contribution in [0.15, 0.2) is 5.16 Å². The molecule has 0 heterocycles. The number of carbonyl (C=O) groups is 1. The number of carbonyl (C=O) groups excluding carboxylic acids is 1. The van der Waals surface area contributed by atoms with E-state index in [0.29, 0.717) is 19.4 Å². The van der Waals surface area contributed by atoms with Crippen LogP contribution in [0, 0.1) is 5.41 Å². The summed E-state index contributed by atoms with van der Waals surface area (Å²) < 4.78 is 0. The summed E-state index contributed by atoms with van der Waals surface area (Å²) in [5.74, 6) is 0.0496. The van der Waals surface area contributed by atoms with Gasteiger partial charge in [0.2, 0.25) is 5.91 Å². The molecule has 0 aromatic rings. The molecule has 110 valence electrons. The van der Waals surface area contributed by atoms with Gasteiger partial charge in [-0.2, -0.15) is 0 Å². The first kappa shape index (κ1) is 15.8. The molecule has 0 saturated heterocycles. The van der Waals surface area contributed by atoms with E-state index in [1.165, 1.54) is 0 Å². The van der Waals surface area contributed by atoms with E-state index < -0.39 is 5.41 Å². The Hall–Kier alpha value is -1.30. The third-order valence-corrected chi connectivity index (χ3v) is 3.91. The van der Waals surface area contributed by atoms with Crippen LogP contribution in [-0.2, 0) is 4.79 Å². The van der Waals surface area contributed by atoms with E-state index in [-0.39, 0.29) is 11.7 Å². The molecule has 1 rings (SSSR count). The molecular formula is C13H26N4O2. The van der Waals surface area contributed by atoms with Gasteiger partial charge in [-0.25, -0.2) is 0 Å². The number of nitrogens with zero attached hydrogens (tertiary/aromatic N) is 3. The van der Waals surface area contributed by atoms with Gasteiger partial charge >= 0.3 is 0 Å².